The summed E-state index contributed by atoms with van der Waals surface area (Å²) < 4.78 is 64.3. The van der Waals surface area contributed by atoms with E-state index in [2.05, 4.69) is 6.92 Å². The van der Waals surface area contributed by atoms with Crippen LogP contribution in [0.1, 0.15) is 71.1 Å². The van der Waals surface area contributed by atoms with E-state index in [1.165, 1.54) is 38.5 Å². The average molecular weight is 400 g/mol. The zero-order valence-corrected chi connectivity index (χ0v) is 17.0. The van der Waals surface area contributed by atoms with Crippen molar-refractivity contribution in [3.05, 3.63) is 0 Å². The van der Waals surface area contributed by atoms with Crippen molar-refractivity contribution in [3.8, 4) is 0 Å². The highest BCUT2D eigenvalue weighted by atomic mass is 32.2. The molecule has 0 atom stereocenters. The van der Waals surface area contributed by atoms with Crippen molar-refractivity contribution in [2.24, 2.45) is 0 Å². The Kier molecular flexibility index (Phi) is 13.8. The minimum absolute atomic E-state index is 0.0290. The molecule has 0 aliphatic carbocycles. The van der Waals surface area contributed by atoms with Crippen LogP contribution in [0.15, 0.2) is 0 Å². The van der Waals surface area contributed by atoms with Crippen molar-refractivity contribution < 1.29 is 25.9 Å². The Balaban J connectivity index is 3.89. The largest absolute Gasteiger partial charge is 0.748 e. The normalized spacial score (nSPS) is 12.8. The van der Waals surface area contributed by atoms with Crippen LogP contribution < -0.4 is 0 Å². The van der Waals surface area contributed by atoms with Gasteiger partial charge in [0.05, 0.1) is 31.7 Å². The summed E-state index contributed by atoms with van der Waals surface area (Å²) in [4.78, 5) is 1.58. The third-order valence-electron chi connectivity index (χ3n) is 4.14. The molecule has 0 fully saturated rings. The first-order chi connectivity index (χ1) is 11.6. The number of hydrogen-bond acceptors (Lipinski definition) is 7. The van der Waals surface area contributed by atoms with Crippen LogP contribution in [0, 0.1) is 0 Å². The molecule has 25 heavy (non-hydrogen) atoms. The minimum Gasteiger partial charge on any atom is -0.748 e. The second kappa shape index (κ2) is 13.9. The topological polar surface area (TPSA) is 118 Å². The molecular formula is C16H33NO6S2-2. The van der Waals surface area contributed by atoms with E-state index >= 15 is 0 Å². The number of hydrogen-bond donors (Lipinski definition) is 0. The van der Waals surface area contributed by atoms with Gasteiger partial charge in [0.25, 0.3) is 0 Å². The number of nitrogens with zero attached hydrogens (tertiary/aromatic N) is 1. The van der Waals surface area contributed by atoms with Gasteiger partial charge in [0.2, 0.25) is 0 Å². The van der Waals surface area contributed by atoms with E-state index < -0.39 is 31.7 Å². The zero-order valence-electron chi connectivity index (χ0n) is 15.3. The summed E-state index contributed by atoms with van der Waals surface area (Å²) in [5.74, 6) is -1.13. The zero-order chi connectivity index (χ0) is 19.2. The summed E-state index contributed by atoms with van der Waals surface area (Å²) in [5, 5.41) is 0. The fraction of sp³-hybridized carbons (Fsp3) is 1.00. The number of unbranched alkanes of at least 4 members (excludes halogenated alkanes) is 9. The first-order valence-corrected chi connectivity index (χ1v) is 12.4. The lowest BCUT2D eigenvalue weighted by Crippen LogP contribution is -2.34. The molecule has 0 aromatic heterocycles. The molecule has 0 radical (unpaired) electrons. The fourth-order valence-electron chi connectivity index (χ4n) is 2.64. The van der Waals surface area contributed by atoms with Gasteiger partial charge in [-0.25, -0.2) is 16.8 Å². The van der Waals surface area contributed by atoms with E-state index in [0.717, 1.165) is 25.7 Å². The lowest BCUT2D eigenvalue weighted by molar-refractivity contribution is 0.291. The van der Waals surface area contributed by atoms with Crippen molar-refractivity contribution in [2.75, 3.05) is 31.1 Å². The lowest BCUT2D eigenvalue weighted by atomic mass is 10.1. The quantitative estimate of drug-likeness (QED) is 0.272. The minimum atomic E-state index is -4.34. The van der Waals surface area contributed by atoms with Crippen LogP contribution in [0.2, 0.25) is 0 Å². The highest BCUT2D eigenvalue weighted by molar-refractivity contribution is 7.85. The van der Waals surface area contributed by atoms with E-state index in [9.17, 15) is 25.9 Å². The molecule has 0 rings (SSSR count). The Bertz CT molecular complexity index is 483. The van der Waals surface area contributed by atoms with E-state index in [1.807, 2.05) is 0 Å². The summed E-state index contributed by atoms with van der Waals surface area (Å²) in [6.45, 7) is 2.64. The van der Waals surface area contributed by atoms with Crippen molar-refractivity contribution in [2.45, 2.75) is 71.1 Å². The smallest absolute Gasteiger partial charge is 0.0958 e. The third-order valence-corrected chi connectivity index (χ3v) is 5.51. The highest BCUT2D eigenvalue weighted by Crippen LogP contribution is 2.11. The van der Waals surface area contributed by atoms with Crippen LogP contribution in [0.5, 0.6) is 0 Å². The number of rotatable bonds is 17. The summed E-state index contributed by atoms with van der Waals surface area (Å²) in [7, 11) is -8.69. The van der Waals surface area contributed by atoms with Gasteiger partial charge >= 0.3 is 0 Å². The Morgan fingerprint density at radius 2 is 0.960 bits per heavy atom. The molecule has 152 valence electrons. The highest BCUT2D eigenvalue weighted by Gasteiger charge is 2.09. The van der Waals surface area contributed by atoms with Gasteiger partial charge in [0.15, 0.2) is 0 Å². The molecule has 0 aliphatic heterocycles. The predicted molar refractivity (Wildman–Crippen MR) is 97.4 cm³/mol. The molecule has 0 N–H and O–H groups in total. The predicted octanol–water partition coefficient (Wildman–Crippen LogP) is 2.30. The molecule has 7 nitrogen and oxygen atoms in total. The second-order valence-corrected chi connectivity index (χ2v) is 9.59. The van der Waals surface area contributed by atoms with Gasteiger partial charge in [-0.05, 0) is 13.0 Å². The molecule has 0 saturated heterocycles. The Morgan fingerprint density at radius 3 is 1.32 bits per heavy atom. The molecule has 0 heterocycles. The van der Waals surface area contributed by atoms with E-state index in [-0.39, 0.29) is 13.1 Å². The van der Waals surface area contributed by atoms with Gasteiger partial charge in [-0.3, -0.25) is 0 Å². The average Bonchev–Trinajstić information content (AvgIpc) is 2.49. The molecule has 0 bridgehead atoms. The maximum absolute atomic E-state index is 10.7. The van der Waals surface area contributed by atoms with Crippen LogP contribution >= 0.6 is 0 Å². The van der Waals surface area contributed by atoms with Crippen LogP contribution in [0.3, 0.4) is 0 Å². The van der Waals surface area contributed by atoms with E-state index in [4.69, 9.17) is 0 Å². The van der Waals surface area contributed by atoms with Crippen LogP contribution in [0.4, 0.5) is 0 Å². The van der Waals surface area contributed by atoms with Crippen LogP contribution in [0.25, 0.3) is 0 Å². The molecular weight excluding hydrogens is 366 g/mol. The maximum Gasteiger partial charge on any atom is 0.0958 e. The molecule has 0 unspecified atom stereocenters. The first-order valence-electron chi connectivity index (χ1n) is 9.23. The Morgan fingerprint density at radius 1 is 0.600 bits per heavy atom. The molecule has 0 aromatic rings. The Labute approximate surface area is 153 Å². The molecule has 0 amide bonds. The van der Waals surface area contributed by atoms with E-state index in [0.29, 0.717) is 6.54 Å². The SMILES string of the molecule is CCCCCCCCCCCCN(CCS(=O)(=O)[O-])CCS(=O)(=O)[O-]. The Hall–Kier alpha value is -0.220. The van der Waals surface area contributed by atoms with Gasteiger partial charge < -0.3 is 14.0 Å². The van der Waals surface area contributed by atoms with Gasteiger partial charge in [-0.15, -0.1) is 0 Å². The van der Waals surface area contributed by atoms with Crippen LogP contribution in [-0.2, 0) is 20.2 Å². The van der Waals surface area contributed by atoms with Crippen molar-refractivity contribution in [1.82, 2.24) is 4.90 Å². The van der Waals surface area contributed by atoms with Gasteiger partial charge in [0.1, 0.15) is 0 Å². The second-order valence-electron chi connectivity index (χ2n) is 6.55. The van der Waals surface area contributed by atoms with Crippen molar-refractivity contribution >= 4 is 20.2 Å². The first kappa shape index (κ1) is 24.8. The maximum atomic E-state index is 10.7. The molecule has 0 aromatic carbocycles. The third kappa shape index (κ3) is 19.9. The fourth-order valence-corrected chi connectivity index (χ4v) is 3.60. The van der Waals surface area contributed by atoms with Gasteiger partial charge in [-0.1, -0.05) is 64.7 Å². The summed E-state index contributed by atoms with van der Waals surface area (Å²) in [6, 6.07) is 0. The summed E-state index contributed by atoms with van der Waals surface area (Å²) in [6.07, 6.45) is 11.6. The monoisotopic (exact) mass is 399 g/mol. The molecule has 9 heteroatoms. The lowest BCUT2D eigenvalue weighted by Gasteiger charge is -2.23. The van der Waals surface area contributed by atoms with E-state index in [1.54, 1.807) is 4.90 Å². The molecule has 0 saturated carbocycles. The summed E-state index contributed by atoms with van der Waals surface area (Å²) >= 11 is 0. The van der Waals surface area contributed by atoms with Crippen LogP contribution in [-0.4, -0.2) is 62.0 Å². The summed E-state index contributed by atoms with van der Waals surface area (Å²) in [5.41, 5.74) is 0. The van der Waals surface area contributed by atoms with Gasteiger partial charge in [-0.2, -0.15) is 0 Å². The molecule has 0 aliphatic rings. The van der Waals surface area contributed by atoms with Crippen molar-refractivity contribution in [3.63, 3.8) is 0 Å². The standard InChI is InChI=1S/C16H35NO6S2/c1-2-3-4-5-6-7-8-9-10-11-12-17(13-15-24(18,19)20)14-16-25(21,22)23/h2-16H2,1H3,(H,18,19,20)(H,21,22,23)/p-2. The van der Waals surface area contributed by atoms with Crippen molar-refractivity contribution in [1.29, 1.82) is 0 Å². The van der Waals surface area contributed by atoms with Gasteiger partial charge in [0, 0.05) is 13.1 Å². The molecule has 0 spiro atoms.